The van der Waals surface area contributed by atoms with Crippen LogP contribution in [0.5, 0.6) is 5.88 Å². The van der Waals surface area contributed by atoms with Crippen molar-refractivity contribution in [2.75, 3.05) is 7.11 Å². The fourth-order valence-corrected chi connectivity index (χ4v) is 2.02. The number of fused-ring (bicyclic) bond motifs is 1. The number of nitrogens with zero attached hydrogens (tertiary/aromatic N) is 2. The lowest BCUT2D eigenvalue weighted by Crippen LogP contribution is -1.89. The van der Waals surface area contributed by atoms with Crippen LogP contribution in [0.3, 0.4) is 0 Å². The summed E-state index contributed by atoms with van der Waals surface area (Å²) < 4.78 is 5.12. The Bertz CT molecular complexity index is 410. The minimum Gasteiger partial charge on any atom is -0.480 e. The molecule has 0 amide bonds. The van der Waals surface area contributed by atoms with Crippen molar-refractivity contribution < 1.29 is 4.74 Å². The van der Waals surface area contributed by atoms with E-state index < -0.39 is 0 Å². The molecule has 4 heteroatoms. The zero-order chi connectivity index (χ0) is 8.55. The van der Waals surface area contributed by atoms with Crippen LogP contribution in [0.1, 0.15) is 5.56 Å². The van der Waals surface area contributed by atoms with E-state index in [9.17, 15) is 0 Å². The molecule has 62 valence electrons. The van der Waals surface area contributed by atoms with Gasteiger partial charge >= 0.3 is 0 Å². The third-order valence-electron chi connectivity index (χ3n) is 1.71. The van der Waals surface area contributed by atoms with Crippen molar-refractivity contribution in [3.63, 3.8) is 0 Å². The van der Waals surface area contributed by atoms with E-state index >= 15 is 0 Å². The molecule has 2 heterocycles. The Balaban J connectivity index is 2.84. The summed E-state index contributed by atoms with van der Waals surface area (Å²) in [4.78, 5) is 9.16. The highest BCUT2D eigenvalue weighted by molar-refractivity contribution is 7.17. The lowest BCUT2D eigenvalue weighted by molar-refractivity contribution is 0.402. The van der Waals surface area contributed by atoms with Crippen molar-refractivity contribution in [2.45, 2.75) is 6.92 Å². The Hall–Kier alpha value is -1.16. The largest absolute Gasteiger partial charge is 0.480 e. The van der Waals surface area contributed by atoms with E-state index in [1.165, 1.54) is 11.9 Å². The van der Waals surface area contributed by atoms with Gasteiger partial charge in [0.1, 0.15) is 11.2 Å². The quantitative estimate of drug-likeness (QED) is 0.673. The standard InChI is InChI=1S/C8H8N2OS/c1-5-3-12-8-6(5)7(11-2)9-4-10-8/h3-4H,1-2H3. The summed E-state index contributed by atoms with van der Waals surface area (Å²) >= 11 is 1.61. The molecule has 0 aliphatic heterocycles. The molecular formula is C8H8N2OS. The van der Waals surface area contributed by atoms with E-state index in [1.807, 2.05) is 6.92 Å². The number of aryl methyl sites for hydroxylation is 1. The molecule has 0 unspecified atom stereocenters. The SMILES string of the molecule is COc1ncnc2scc(C)c12. The summed E-state index contributed by atoms with van der Waals surface area (Å²) in [7, 11) is 1.62. The fraction of sp³-hybridized carbons (Fsp3) is 0.250. The molecule has 2 aromatic rings. The van der Waals surface area contributed by atoms with Crippen LogP contribution >= 0.6 is 11.3 Å². The van der Waals surface area contributed by atoms with Gasteiger partial charge in [-0.1, -0.05) is 0 Å². The number of thiophene rings is 1. The van der Waals surface area contributed by atoms with Crippen LogP contribution in [0.2, 0.25) is 0 Å². The van der Waals surface area contributed by atoms with Gasteiger partial charge in [0.05, 0.1) is 12.5 Å². The van der Waals surface area contributed by atoms with Crippen molar-refractivity contribution in [1.29, 1.82) is 0 Å². The van der Waals surface area contributed by atoms with E-state index in [1.54, 1.807) is 18.4 Å². The lowest BCUT2D eigenvalue weighted by Gasteiger charge is -1.99. The number of rotatable bonds is 1. The summed E-state index contributed by atoms with van der Waals surface area (Å²) in [5.74, 6) is 0.666. The van der Waals surface area contributed by atoms with E-state index in [0.29, 0.717) is 5.88 Å². The van der Waals surface area contributed by atoms with Crippen molar-refractivity contribution in [2.24, 2.45) is 0 Å². The summed E-state index contributed by atoms with van der Waals surface area (Å²) in [6.45, 7) is 2.03. The second kappa shape index (κ2) is 2.71. The molecule has 12 heavy (non-hydrogen) atoms. The van der Waals surface area contributed by atoms with E-state index in [4.69, 9.17) is 4.74 Å². The number of hydrogen-bond acceptors (Lipinski definition) is 4. The highest BCUT2D eigenvalue weighted by atomic mass is 32.1. The van der Waals surface area contributed by atoms with Gasteiger partial charge in [-0.15, -0.1) is 11.3 Å². The van der Waals surface area contributed by atoms with Crippen molar-refractivity contribution in [1.82, 2.24) is 9.97 Å². The van der Waals surface area contributed by atoms with Gasteiger partial charge in [-0.05, 0) is 17.9 Å². The van der Waals surface area contributed by atoms with Crippen LogP contribution in [0.25, 0.3) is 10.2 Å². The van der Waals surface area contributed by atoms with Crippen molar-refractivity contribution in [3.8, 4) is 5.88 Å². The lowest BCUT2D eigenvalue weighted by atomic mass is 10.3. The molecule has 0 radical (unpaired) electrons. The Morgan fingerprint density at radius 1 is 1.42 bits per heavy atom. The predicted octanol–water partition coefficient (Wildman–Crippen LogP) is 2.01. The predicted molar refractivity (Wildman–Crippen MR) is 48.7 cm³/mol. The zero-order valence-corrected chi connectivity index (χ0v) is 7.68. The summed E-state index contributed by atoms with van der Waals surface area (Å²) in [5.41, 5.74) is 1.17. The Morgan fingerprint density at radius 2 is 2.25 bits per heavy atom. The van der Waals surface area contributed by atoms with Crippen LogP contribution in [0.4, 0.5) is 0 Å². The second-order valence-corrected chi connectivity index (χ2v) is 3.34. The molecule has 2 rings (SSSR count). The van der Waals surface area contributed by atoms with Gasteiger partial charge in [-0.25, -0.2) is 9.97 Å². The molecule has 0 N–H and O–H groups in total. The first kappa shape index (κ1) is 7.49. The molecule has 2 aromatic heterocycles. The van der Waals surface area contributed by atoms with Gasteiger partial charge < -0.3 is 4.74 Å². The molecule has 0 aliphatic rings. The Morgan fingerprint density at radius 3 is 3.00 bits per heavy atom. The average molecular weight is 180 g/mol. The van der Waals surface area contributed by atoms with Crippen LogP contribution in [0.15, 0.2) is 11.7 Å². The monoisotopic (exact) mass is 180 g/mol. The molecule has 0 saturated carbocycles. The maximum atomic E-state index is 5.12. The molecule has 0 spiro atoms. The fourth-order valence-electron chi connectivity index (χ4n) is 1.14. The Kier molecular flexibility index (Phi) is 1.69. The number of ether oxygens (including phenoxy) is 1. The van der Waals surface area contributed by atoms with E-state index in [2.05, 4.69) is 15.3 Å². The number of aromatic nitrogens is 2. The molecule has 0 aliphatic carbocycles. The third kappa shape index (κ3) is 0.956. The number of hydrogen-bond donors (Lipinski definition) is 0. The maximum absolute atomic E-state index is 5.12. The molecule has 0 fully saturated rings. The van der Waals surface area contributed by atoms with Gasteiger partial charge in [0.25, 0.3) is 0 Å². The topological polar surface area (TPSA) is 35.0 Å². The molecule has 0 aromatic carbocycles. The summed E-state index contributed by atoms with van der Waals surface area (Å²) in [6, 6.07) is 0. The van der Waals surface area contributed by atoms with Crippen LogP contribution in [0, 0.1) is 6.92 Å². The molecule has 0 saturated heterocycles. The molecule has 3 nitrogen and oxygen atoms in total. The van der Waals surface area contributed by atoms with Gasteiger partial charge in [0, 0.05) is 0 Å². The van der Waals surface area contributed by atoms with E-state index in [0.717, 1.165) is 10.2 Å². The summed E-state index contributed by atoms with van der Waals surface area (Å²) in [6.07, 6.45) is 1.52. The average Bonchev–Trinajstić information content (AvgIpc) is 2.48. The van der Waals surface area contributed by atoms with Gasteiger partial charge in [0.15, 0.2) is 0 Å². The Labute approximate surface area is 74.0 Å². The van der Waals surface area contributed by atoms with Crippen LogP contribution < -0.4 is 4.74 Å². The minimum atomic E-state index is 0.666. The zero-order valence-electron chi connectivity index (χ0n) is 6.87. The summed E-state index contributed by atoms with van der Waals surface area (Å²) in [5, 5.41) is 3.09. The van der Waals surface area contributed by atoms with Gasteiger partial charge in [-0.3, -0.25) is 0 Å². The first-order valence-corrected chi connectivity index (χ1v) is 4.43. The maximum Gasteiger partial charge on any atom is 0.225 e. The van der Waals surface area contributed by atoms with Crippen LogP contribution in [-0.2, 0) is 0 Å². The third-order valence-corrected chi connectivity index (χ3v) is 2.72. The van der Waals surface area contributed by atoms with Crippen molar-refractivity contribution >= 4 is 21.6 Å². The normalized spacial score (nSPS) is 10.5. The second-order valence-electron chi connectivity index (χ2n) is 2.48. The van der Waals surface area contributed by atoms with Gasteiger partial charge in [0.2, 0.25) is 5.88 Å². The molecule has 0 bridgehead atoms. The highest BCUT2D eigenvalue weighted by Crippen LogP contribution is 2.29. The van der Waals surface area contributed by atoms with E-state index in [-0.39, 0.29) is 0 Å². The first-order valence-electron chi connectivity index (χ1n) is 3.55. The highest BCUT2D eigenvalue weighted by Gasteiger charge is 2.07. The van der Waals surface area contributed by atoms with Crippen molar-refractivity contribution in [3.05, 3.63) is 17.3 Å². The van der Waals surface area contributed by atoms with Crippen LogP contribution in [-0.4, -0.2) is 17.1 Å². The molecule has 0 atom stereocenters. The smallest absolute Gasteiger partial charge is 0.225 e. The minimum absolute atomic E-state index is 0.666. The number of methoxy groups -OCH3 is 1. The first-order chi connectivity index (χ1) is 5.83. The molecular weight excluding hydrogens is 172 g/mol. The van der Waals surface area contributed by atoms with Gasteiger partial charge in [-0.2, -0.15) is 0 Å².